The molecule has 0 unspecified atom stereocenters. The van der Waals surface area contributed by atoms with Crippen molar-refractivity contribution in [1.82, 2.24) is 15.4 Å². The lowest BCUT2D eigenvalue weighted by molar-refractivity contribution is -0.192. The lowest BCUT2D eigenvalue weighted by Crippen LogP contribution is -2.21. The summed E-state index contributed by atoms with van der Waals surface area (Å²) in [6.07, 6.45) is -5.08. The Bertz CT molecular complexity index is 1010. The Morgan fingerprint density at radius 3 is 2.29 bits per heavy atom. The lowest BCUT2D eigenvalue weighted by atomic mass is 10.1. The lowest BCUT2D eigenvalue weighted by Gasteiger charge is -2.06. The average Bonchev–Trinajstić information content (AvgIpc) is 3.08. The fourth-order valence-corrected chi connectivity index (χ4v) is 2.24. The summed E-state index contributed by atoms with van der Waals surface area (Å²) < 4.78 is 31.7. The van der Waals surface area contributed by atoms with Crippen LogP contribution in [0.4, 0.5) is 18.9 Å². The maximum Gasteiger partial charge on any atom is 0.490 e. The van der Waals surface area contributed by atoms with Crippen molar-refractivity contribution in [2.45, 2.75) is 12.7 Å². The molecule has 148 valence electrons. The third-order valence-electron chi connectivity index (χ3n) is 3.33. The van der Waals surface area contributed by atoms with Crippen molar-refractivity contribution in [1.29, 1.82) is 0 Å². The number of rotatable bonds is 4. The first-order valence-electron chi connectivity index (χ1n) is 7.44. The SMILES string of the molecule is O=C(O)C(F)(F)F.O=C(O)c1n[nH]nc1CNc1ccc2cc(Cl)ccc2c1. The van der Waals surface area contributed by atoms with E-state index < -0.39 is 18.1 Å². The van der Waals surface area contributed by atoms with Crippen LogP contribution in [0.2, 0.25) is 5.02 Å². The van der Waals surface area contributed by atoms with Gasteiger partial charge in [0.2, 0.25) is 0 Å². The Balaban J connectivity index is 0.000000345. The number of aliphatic carboxylic acids is 1. The second-order valence-corrected chi connectivity index (χ2v) is 5.72. The molecule has 12 heteroatoms. The second-order valence-electron chi connectivity index (χ2n) is 5.29. The van der Waals surface area contributed by atoms with Crippen LogP contribution in [0, 0.1) is 0 Å². The molecule has 2 aromatic carbocycles. The monoisotopic (exact) mass is 416 g/mol. The number of hydrogen-bond acceptors (Lipinski definition) is 5. The number of aromatic amines is 1. The highest BCUT2D eigenvalue weighted by atomic mass is 35.5. The van der Waals surface area contributed by atoms with Crippen molar-refractivity contribution >= 4 is 40.0 Å². The summed E-state index contributed by atoms with van der Waals surface area (Å²) in [6.45, 7) is 0.275. The van der Waals surface area contributed by atoms with E-state index in [-0.39, 0.29) is 12.2 Å². The number of carboxylic acid groups (broad SMARTS) is 2. The number of anilines is 1. The Labute approximate surface area is 159 Å². The van der Waals surface area contributed by atoms with Crippen LogP contribution in [-0.4, -0.2) is 43.7 Å². The van der Waals surface area contributed by atoms with Crippen LogP contribution in [0.25, 0.3) is 10.8 Å². The fraction of sp³-hybridized carbons (Fsp3) is 0.125. The summed E-state index contributed by atoms with van der Waals surface area (Å²) in [4.78, 5) is 19.8. The third kappa shape index (κ3) is 5.58. The Morgan fingerprint density at radius 2 is 1.68 bits per heavy atom. The number of aromatic nitrogens is 3. The predicted octanol–water partition coefficient (Wildman–Crippen LogP) is 3.55. The number of benzene rings is 2. The zero-order valence-electron chi connectivity index (χ0n) is 13.8. The van der Waals surface area contributed by atoms with Gasteiger partial charge in [0.25, 0.3) is 0 Å². The molecule has 0 aliphatic carbocycles. The molecule has 3 aromatic rings. The molecule has 0 aliphatic heterocycles. The topological polar surface area (TPSA) is 128 Å². The van der Waals surface area contributed by atoms with Gasteiger partial charge in [0.15, 0.2) is 5.69 Å². The summed E-state index contributed by atoms with van der Waals surface area (Å²) in [5, 5.41) is 31.7. The molecule has 0 aliphatic rings. The highest BCUT2D eigenvalue weighted by Gasteiger charge is 2.38. The highest BCUT2D eigenvalue weighted by molar-refractivity contribution is 6.31. The van der Waals surface area contributed by atoms with Gasteiger partial charge in [-0.05, 0) is 35.0 Å². The van der Waals surface area contributed by atoms with Crippen LogP contribution in [0.3, 0.4) is 0 Å². The number of H-pyrrole nitrogens is 1. The number of nitrogens with one attached hydrogen (secondary N) is 2. The van der Waals surface area contributed by atoms with Crippen LogP contribution in [0.1, 0.15) is 16.2 Å². The van der Waals surface area contributed by atoms with E-state index in [0.29, 0.717) is 10.7 Å². The van der Waals surface area contributed by atoms with Gasteiger partial charge in [-0.25, -0.2) is 9.59 Å². The standard InChI is InChI=1S/C14H11ClN4O2.C2HF3O2/c15-10-3-1-9-6-11(4-2-8(9)5-10)16-7-12-13(14(20)21)18-19-17-12;3-2(4,5)1(6)7/h1-6,16H,7H2,(H,20,21)(H,17,18,19);(H,6,7). The van der Waals surface area contributed by atoms with Gasteiger partial charge in [0.1, 0.15) is 5.69 Å². The molecule has 0 radical (unpaired) electrons. The van der Waals surface area contributed by atoms with Crippen molar-refractivity contribution in [2.24, 2.45) is 0 Å². The maximum atomic E-state index is 10.9. The van der Waals surface area contributed by atoms with Crippen LogP contribution in [-0.2, 0) is 11.3 Å². The van der Waals surface area contributed by atoms with Crippen molar-refractivity contribution in [3.8, 4) is 0 Å². The van der Waals surface area contributed by atoms with E-state index in [2.05, 4.69) is 20.7 Å². The molecule has 0 atom stereocenters. The third-order valence-corrected chi connectivity index (χ3v) is 3.56. The zero-order chi connectivity index (χ0) is 20.9. The summed E-state index contributed by atoms with van der Waals surface area (Å²) >= 11 is 5.94. The summed E-state index contributed by atoms with van der Waals surface area (Å²) in [5.74, 6) is -3.86. The molecule has 1 heterocycles. The number of fused-ring (bicyclic) bond motifs is 1. The predicted molar refractivity (Wildman–Crippen MR) is 93.3 cm³/mol. The molecule has 8 nitrogen and oxygen atoms in total. The first-order chi connectivity index (χ1) is 13.1. The highest BCUT2D eigenvalue weighted by Crippen LogP contribution is 2.23. The molecular formula is C16H12ClF3N4O4. The molecular weight excluding hydrogens is 405 g/mol. The van der Waals surface area contributed by atoms with Gasteiger partial charge in [0.05, 0.1) is 6.54 Å². The maximum absolute atomic E-state index is 10.9. The number of nitrogens with zero attached hydrogens (tertiary/aromatic N) is 2. The van der Waals surface area contributed by atoms with Crippen molar-refractivity contribution < 1.29 is 33.0 Å². The molecule has 3 rings (SSSR count). The zero-order valence-corrected chi connectivity index (χ0v) is 14.5. The number of halogens is 4. The number of carboxylic acids is 2. The fourth-order valence-electron chi connectivity index (χ4n) is 2.06. The molecule has 28 heavy (non-hydrogen) atoms. The van der Waals surface area contributed by atoms with Crippen molar-refractivity contribution in [2.75, 3.05) is 5.32 Å². The molecule has 4 N–H and O–H groups in total. The minimum absolute atomic E-state index is 0.0740. The summed E-state index contributed by atoms with van der Waals surface area (Å²) in [6, 6.07) is 11.5. The smallest absolute Gasteiger partial charge is 0.476 e. The number of alkyl halides is 3. The van der Waals surface area contributed by atoms with Gasteiger partial charge in [0, 0.05) is 10.7 Å². The van der Waals surface area contributed by atoms with Crippen molar-refractivity contribution in [3.05, 3.63) is 52.8 Å². The van der Waals surface area contributed by atoms with Gasteiger partial charge in [-0.3, -0.25) is 0 Å². The van der Waals surface area contributed by atoms with E-state index in [0.717, 1.165) is 16.5 Å². The number of hydrogen-bond donors (Lipinski definition) is 4. The van der Waals surface area contributed by atoms with Gasteiger partial charge < -0.3 is 15.5 Å². The number of aromatic carboxylic acids is 1. The first-order valence-corrected chi connectivity index (χ1v) is 7.82. The Kier molecular flexibility index (Phi) is 6.41. The largest absolute Gasteiger partial charge is 0.490 e. The molecule has 0 spiro atoms. The average molecular weight is 417 g/mol. The molecule has 1 aromatic heterocycles. The van der Waals surface area contributed by atoms with E-state index in [4.69, 9.17) is 26.6 Å². The quantitative estimate of drug-likeness (QED) is 0.512. The van der Waals surface area contributed by atoms with Gasteiger partial charge >= 0.3 is 18.1 Å². The Morgan fingerprint density at radius 1 is 1.07 bits per heavy atom. The van der Waals surface area contributed by atoms with E-state index in [1.54, 1.807) is 0 Å². The van der Waals surface area contributed by atoms with Crippen LogP contribution >= 0.6 is 11.6 Å². The summed E-state index contributed by atoms with van der Waals surface area (Å²) in [7, 11) is 0. The normalized spacial score (nSPS) is 10.9. The van der Waals surface area contributed by atoms with Crippen molar-refractivity contribution in [3.63, 3.8) is 0 Å². The summed E-state index contributed by atoms with van der Waals surface area (Å²) in [5.41, 5.74) is 1.15. The van der Waals surface area contributed by atoms with Crippen LogP contribution in [0.15, 0.2) is 36.4 Å². The number of carbonyl (C=O) groups is 2. The van der Waals surface area contributed by atoms with E-state index in [9.17, 15) is 18.0 Å². The minimum atomic E-state index is -5.08. The van der Waals surface area contributed by atoms with Gasteiger partial charge in [-0.2, -0.15) is 23.5 Å². The first kappa shape index (κ1) is 21.0. The van der Waals surface area contributed by atoms with Crippen LogP contribution in [0.5, 0.6) is 0 Å². The molecule has 0 bridgehead atoms. The van der Waals surface area contributed by atoms with E-state index >= 15 is 0 Å². The van der Waals surface area contributed by atoms with E-state index in [1.807, 2.05) is 36.4 Å². The minimum Gasteiger partial charge on any atom is -0.476 e. The molecule has 0 saturated heterocycles. The second kappa shape index (κ2) is 8.57. The van der Waals surface area contributed by atoms with E-state index in [1.165, 1.54) is 0 Å². The van der Waals surface area contributed by atoms with Gasteiger partial charge in [-0.1, -0.05) is 23.7 Å². The molecule has 0 fully saturated rings. The van der Waals surface area contributed by atoms with Crippen LogP contribution < -0.4 is 5.32 Å². The van der Waals surface area contributed by atoms with Gasteiger partial charge in [-0.15, -0.1) is 5.10 Å². The Hall–Kier alpha value is -3.34. The molecule has 0 amide bonds. The molecule has 0 saturated carbocycles.